The van der Waals surface area contributed by atoms with Crippen molar-refractivity contribution in [3.8, 4) is 5.75 Å². The van der Waals surface area contributed by atoms with E-state index in [4.69, 9.17) is 9.72 Å². The number of fused-ring (bicyclic) bond motifs is 1. The summed E-state index contributed by atoms with van der Waals surface area (Å²) in [5.74, 6) is 2.32. The number of hydrogen-bond acceptors (Lipinski definition) is 4. The maximum atomic E-state index is 12.7. The van der Waals surface area contributed by atoms with Crippen LogP contribution in [0.5, 0.6) is 5.75 Å². The van der Waals surface area contributed by atoms with E-state index in [2.05, 4.69) is 9.55 Å². The summed E-state index contributed by atoms with van der Waals surface area (Å²) < 4.78 is 7.31. The van der Waals surface area contributed by atoms with E-state index in [0.717, 1.165) is 54.2 Å². The molecule has 27 heavy (non-hydrogen) atoms. The number of aryl methyl sites for hydroxylation is 2. The number of methoxy groups -OCH3 is 1. The van der Waals surface area contributed by atoms with Crippen molar-refractivity contribution in [2.24, 2.45) is 7.05 Å². The summed E-state index contributed by atoms with van der Waals surface area (Å²) in [5.41, 5.74) is 2.94. The normalized spacial score (nSPS) is 16.8. The maximum absolute atomic E-state index is 12.7. The Hall–Kier alpha value is -2.89. The molecule has 1 aliphatic rings. The van der Waals surface area contributed by atoms with Gasteiger partial charge in [-0.25, -0.2) is 9.97 Å². The third kappa shape index (κ3) is 3.52. The molecular formula is C21H24N4O2. The molecule has 1 saturated heterocycles. The van der Waals surface area contributed by atoms with Crippen LogP contribution in [-0.2, 0) is 18.3 Å². The number of likely N-dealkylation sites (tertiary alicyclic amines) is 1. The topological polar surface area (TPSA) is 60.2 Å². The molecule has 140 valence electrons. The van der Waals surface area contributed by atoms with Crippen LogP contribution < -0.4 is 4.74 Å². The summed E-state index contributed by atoms with van der Waals surface area (Å²) in [6, 6.07) is 11.8. The molecular weight excluding hydrogens is 340 g/mol. The number of hydrogen-bond donors (Lipinski definition) is 0. The zero-order valence-corrected chi connectivity index (χ0v) is 15.8. The molecule has 0 radical (unpaired) electrons. The first-order valence-corrected chi connectivity index (χ1v) is 9.33. The first kappa shape index (κ1) is 17.5. The summed E-state index contributed by atoms with van der Waals surface area (Å²) in [4.78, 5) is 23.8. The van der Waals surface area contributed by atoms with Crippen LogP contribution in [0.4, 0.5) is 0 Å². The molecule has 0 spiro atoms. The van der Waals surface area contributed by atoms with E-state index in [-0.39, 0.29) is 11.8 Å². The Balaban J connectivity index is 1.39. The number of amides is 1. The smallest absolute Gasteiger partial charge is 0.222 e. The van der Waals surface area contributed by atoms with Gasteiger partial charge >= 0.3 is 0 Å². The fourth-order valence-electron chi connectivity index (χ4n) is 3.84. The van der Waals surface area contributed by atoms with Crippen molar-refractivity contribution in [3.63, 3.8) is 0 Å². The second kappa shape index (κ2) is 7.39. The van der Waals surface area contributed by atoms with Gasteiger partial charge in [0.15, 0.2) is 5.65 Å². The molecule has 6 nitrogen and oxygen atoms in total. The molecule has 3 aromatic rings. The van der Waals surface area contributed by atoms with E-state index in [9.17, 15) is 4.79 Å². The fourth-order valence-corrected chi connectivity index (χ4v) is 3.84. The van der Waals surface area contributed by atoms with Crippen LogP contribution in [0, 0.1) is 0 Å². The van der Waals surface area contributed by atoms with Crippen LogP contribution in [0.25, 0.3) is 11.2 Å². The first-order chi connectivity index (χ1) is 13.2. The van der Waals surface area contributed by atoms with Crippen molar-refractivity contribution in [1.82, 2.24) is 19.4 Å². The third-order valence-electron chi connectivity index (χ3n) is 5.33. The van der Waals surface area contributed by atoms with Gasteiger partial charge < -0.3 is 14.2 Å². The Morgan fingerprint density at radius 2 is 2.19 bits per heavy atom. The van der Waals surface area contributed by atoms with Gasteiger partial charge in [-0.2, -0.15) is 0 Å². The summed E-state index contributed by atoms with van der Waals surface area (Å²) >= 11 is 0. The zero-order chi connectivity index (χ0) is 18.8. The number of benzene rings is 1. The number of pyridine rings is 1. The molecule has 0 N–H and O–H groups in total. The Labute approximate surface area is 158 Å². The predicted molar refractivity (Wildman–Crippen MR) is 104 cm³/mol. The second-order valence-corrected chi connectivity index (χ2v) is 7.05. The highest BCUT2D eigenvalue weighted by Crippen LogP contribution is 2.28. The number of carbonyl (C=O) groups excluding carboxylic acids is 1. The van der Waals surface area contributed by atoms with Crippen molar-refractivity contribution in [1.29, 1.82) is 0 Å². The molecule has 1 atom stereocenters. The van der Waals surface area contributed by atoms with Gasteiger partial charge in [0.25, 0.3) is 0 Å². The van der Waals surface area contributed by atoms with Crippen molar-refractivity contribution in [3.05, 3.63) is 54.0 Å². The highest BCUT2D eigenvalue weighted by atomic mass is 16.5. The van der Waals surface area contributed by atoms with Gasteiger partial charge in [-0.15, -0.1) is 0 Å². The number of aromatic nitrogens is 3. The van der Waals surface area contributed by atoms with E-state index in [1.54, 1.807) is 13.3 Å². The Morgan fingerprint density at radius 1 is 1.30 bits per heavy atom. The van der Waals surface area contributed by atoms with Gasteiger partial charge in [0.2, 0.25) is 5.91 Å². The zero-order valence-electron chi connectivity index (χ0n) is 15.8. The first-order valence-electron chi connectivity index (χ1n) is 9.33. The summed E-state index contributed by atoms with van der Waals surface area (Å²) in [7, 11) is 3.66. The Kier molecular flexibility index (Phi) is 4.79. The molecule has 0 bridgehead atoms. The van der Waals surface area contributed by atoms with Crippen LogP contribution in [0.2, 0.25) is 0 Å². The van der Waals surface area contributed by atoms with E-state index >= 15 is 0 Å². The Morgan fingerprint density at radius 3 is 3.00 bits per heavy atom. The van der Waals surface area contributed by atoms with Gasteiger partial charge in [0.05, 0.1) is 7.11 Å². The molecule has 1 aromatic carbocycles. The second-order valence-electron chi connectivity index (χ2n) is 7.05. The molecule has 3 heterocycles. The number of rotatable bonds is 5. The van der Waals surface area contributed by atoms with Crippen LogP contribution in [0.1, 0.15) is 30.1 Å². The predicted octanol–water partition coefficient (Wildman–Crippen LogP) is 2.93. The fraction of sp³-hybridized carbons (Fsp3) is 0.381. The number of imidazole rings is 1. The van der Waals surface area contributed by atoms with Crippen molar-refractivity contribution >= 4 is 17.1 Å². The van der Waals surface area contributed by atoms with Crippen molar-refractivity contribution in [2.45, 2.75) is 25.2 Å². The van der Waals surface area contributed by atoms with Crippen LogP contribution in [0.3, 0.4) is 0 Å². The lowest BCUT2D eigenvalue weighted by Gasteiger charge is -2.16. The van der Waals surface area contributed by atoms with E-state index in [1.807, 2.05) is 48.3 Å². The van der Waals surface area contributed by atoms with Crippen LogP contribution in [-0.4, -0.2) is 45.5 Å². The highest BCUT2D eigenvalue weighted by molar-refractivity contribution is 5.77. The number of ether oxygens (including phenoxy) is 1. The summed E-state index contributed by atoms with van der Waals surface area (Å²) in [6.07, 6.45) is 3.98. The minimum atomic E-state index is 0.206. The monoisotopic (exact) mass is 364 g/mol. The largest absolute Gasteiger partial charge is 0.497 e. The van der Waals surface area contributed by atoms with Gasteiger partial charge in [0.1, 0.15) is 17.1 Å². The molecule has 1 amide bonds. The highest BCUT2D eigenvalue weighted by Gasteiger charge is 2.30. The van der Waals surface area contributed by atoms with Gasteiger partial charge in [-0.05, 0) is 42.7 Å². The molecule has 1 aliphatic heterocycles. The van der Waals surface area contributed by atoms with Gasteiger partial charge in [-0.1, -0.05) is 12.1 Å². The van der Waals surface area contributed by atoms with E-state index in [0.29, 0.717) is 6.42 Å². The van der Waals surface area contributed by atoms with Crippen molar-refractivity contribution in [2.75, 3.05) is 20.2 Å². The van der Waals surface area contributed by atoms with Crippen LogP contribution >= 0.6 is 0 Å². The third-order valence-corrected chi connectivity index (χ3v) is 5.33. The van der Waals surface area contributed by atoms with Crippen molar-refractivity contribution < 1.29 is 9.53 Å². The summed E-state index contributed by atoms with van der Waals surface area (Å²) in [5, 5.41) is 0. The lowest BCUT2D eigenvalue weighted by Crippen LogP contribution is -2.28. The quantitative estimate of drug-likeness (QED) is 0.698. The molecule has 0 aliphatic carbocycles. The van der Waals surface area contributed by atoms with Crippen LogP contribution in [0.15, 0.2) is 42.6 Å². The van der Waals surface area contributed by atoms with E-state index < -0.39 is 0 Å². The molecule has 1 fully saturated rings. The maximum Gasteiger partial charge on any atom is 0.222 e. The SMILES string of the molecule is COc1cccc(CCC(=O)N2CC[C@@H](c3nc4cccnc4n3C)C2)c1. The molecule has 0 unspecified atom stereocenters. The average molecular weight is 364 g/mol. The minimum Gasteiger partial charge on any atom is -0.497 e. The lowest BCUT2D eigenvalue weighted by atomic mass is 10.1. The molecule has 0 saturated carbocycles. The molecule has 2 aromatic heterocycles. The van der Waals surface area contributed by atoms with Gasteiger partial charge in [0, 0.05) is 38.7 Å². The minimum absolute atomic E-state index is 0.206. The lowest BCUT2D eigenvalue weighted by molar-refractivity contribution is -0.130. The number of nitrogens with zero attached hydrogens (tertiary/aromatic N) is 4. The average Bonchev–Trinajstić information content (AvgIpc) is 3.32. The Bertz CT molecular complexity index is 966. The standard InChI is InChI=1S/C21H24N4O2/c1-24-20(23-18-7-4-11-22-21(18)24)16-10-12-25(14-16)19(26)9-8-15-5-3-6-17(13-15)27-2/h3-7,11,13,16H,8-10,12,14H2,1-2H3/t16-/m1/s1. The van der Waals surface area contributed by atoms with Gasteiger partial charge in [-0.3, -0.25) is 4.79 Å². The molecule has 6 heteroatoms. The molecule has 4 rings (SSSR count). The summed E-state index contributed by atoms with van der Waals surface area (Å²) in [6.45, 7) is 1.52. The van der Waals surface area contributed by atoms with E-state index in [1.165, 1.54) is 0 Å². The number of carbonyl (C=O) groups is 1.